The Morgan fingerprint density at radius 3 is 2.52 bits per heavy atom. The van der Waals surface area contributed by atoms with E-state index in [9.17, 15) is 22.8 Å². The molecule has 0 radical (unpaired) electrons. The lowest BCUT2D eigenvalue weighted by Crippen LogP contribution is -2.34. The van der Waals surface area contributed by atoms with E-state index in [-0.39, 0.29) is 24.6 Å². The maximum atomic E-state index is 13.2. The first-order chi connectivity index (χ1) is 15.7. The summed E-state index contributed by atoms with van der Waals surface area (Å²) in [7, 11) is 0. The number of thioether (sulfide) groups is 1. The lowest BCUT2D eigenvalue weighted by molar-refractivity contribution is -0.137. The van der Waals surface area contributed by atoms with Crippen molar-refractivity contribution in [2.75, 3.05) is 12.3 Å². The lowest BCUT2D eigenvalue weighted by Gasteiger charge is -2.22. The standard InChI is InChI=1S/C23H25F3N4O2S/c1-2-11-30-19-13-17(23(24,25)26)8-9-18(19)28-22(30)33-15-21(32)29(12-10-20(27)31)14-16-6-4-3-5-7-16/h3-9,13H,2,10-12,14-15H2,1H3,(H2,27,31). The topological polar surface area (TPSA) is 81.2 Å². The van der Waals surface area contributed by atoms with Crippen molar-refractivity contribution in [1.82, 2.24) is 14.5 Å². The van der Waals surface area contributed by atoms with E-state index in [4.69, 9.17) is 5.73 Å². The van der Waals surface area contributed by atoms with Gasteiger partial charge in [0.2, 0.25) is 11.8 Å². The van der Waals surface area contributed by atoms with Gasteiger partial charge in [0.1, 0.15) is 0 Å². The highest BCUT2D eigenvalue weighted by atomic mass is 32.2. The molecule has 2 amide bonds. The summed E-state index contributed by atoms with van der Waals surface area (Å²) in [6.45, 7) is 2.91. The molecule has 0 spiro atoms. The van der Waals surface area contributed by atoms with E-state index >= 15 is 0 Å². The molecule has 0 aliphatic heterocycles. The van der Waals surface area contributed by atoms with Gasteiger partial charge in [-0.05, 0) is 30.2 Å². The Bertz CT molecular complexity index is 1120. The zero-order valence-corrected chi connectivity index (χ0v) is 19.0. The van der Waals surface area contributed by atoms with E-state index in [0.29, 0.717) is 35.7 Å². The fraction of sp³-hybridized carbons (Fsp3) is 0.348. The van der Waals surface area contributed by atoms with Crippen LogP contribution in [0.1, 0.15) is 30.9 Å². The third-order valence-corrected chi connectivity index (χ3v) is 5.97. The van der Waals surface area contributed by atoms with Crippen LogP contribution in [0.4, 0.5) is 13.2 Å². The zero-order valence-electron chi connectivity index (χ0n) is 18.1. The number of carbonyl (C=O) groups excluding carboxylic acids is 2. The Labute approximate surface area is 194 Å². The fourth-order valence-corrected chi connectivity index (χ4v) is 4.33. The minimum Gasteiger partial charge on any atom is -0.370 e. The van der Waals surface area contributed by atoms with Crippen molar-refractivity contribution in [3.05, 3.63) is 59.7 Å². The number of aromatic nitrogens is 2. The van der Waals surface area contributed by atoms with Crippen LogP contribution in [0.5, 0.6) is 0 Å². The highest BCUT2D eigenvalue weighted by Gasteiger charge is 2.31. The summed E-state index contributed by atoms with van der Waals surface area (Å²) in [4.78, 5) is 30.2. The predicted octanol–water partition coefficient (Wildman–Crippen LogP) is 4.46. The summed E-state index contributed by atoms with van der Waals surface area (Å²) in [5, 5.41) is 0.481. The van der Waals surface area contributed by atoms with Gasteiger partial charge in [0.25, 0.3) is 0 Å². The van der Waals surface area contributed by atoms with E-state index in [2.05, 4.69) is 4.98 Å². The van der Waals surface area contributed by atoms with Crippen molar-refractivity contribution >= 4 is 34.6 Å². The molecule has 6 nitrogen and oxygen atoms in total. The van der Waals surface area contributed by atoms with Crippen molar-refractivity contribution < 1.29 is 22.8 Å². The molecule has 1 aromatic heterocycles. The van der Waals surface area contributed by atoms with Gasteiger partial charge in [0.05, 0.1) is 22.3 Å². The van der Waals surface area contributed by atoms with Crippen LogP contribution in [0.15, 0.2) is 53.7 Å². The highest BCUT2D eigenvalue weighted by molar-refractivity contribution is 7.99. The third kappa shape index (κ3) is 6.50. The second-order valence-electron chi connectivity index (χ2n) is 7.55. The Morgan fingerprint density at radius 2 is 1.88 bits per heavy atom. The second kappa shape index (κ2) is 10.7. The van der Waals surface area contributed by atoms with Gasteiger partial charge in [-0.1, -0.05) is 49.0 Å². The molecule has 0 saturated carbocycles. The van der Waals surface area contributed by atoms with Gasteiger partial charge in [0, 0.05) is 26.1 Å². The summed E-state index contributed by atoms with van der Waals surface area (Å²) in [5.41, 5.74) is 6.27. The minimum atomic E-state index is -4.45. The van der Waals surface area contributed by atoms with Crippen LogP contribution < -0.4 is 5.73 Å². The molecule has 176 valence electrons. The maximum Gasteiger partial charge on any atom is 0.416 e. The van der Waals surface area contributed by atoms with Crippen LogP contribution in [0.2, 0.25) is 0 Å². The number of nitrogens with zero attached hydrogens (tertiary/aromatic N) is 3. The number of aryl methyl sites for hydroxylation is 1. The third-order valence-electron chi connectivity index (χ3n) is 5.01. The molecule has 0 saturated heterocycles. The van der Waals surface area contributed by atoms with Gasteiger partial charge in [-0.3, -0.25) is 9.59 Å². The average molecular weight is 479 g/mol. The van der Waals surface area contributed by atoms with E-state index in [1.165, 1.54) is 17.8 Å². The van der Waals surface area contributed by atoms with Crippen molar-refractivity contribution in [3.8, 4) is 0 Å². The Hall–Kier alpha value is -3.01. The number of rotatable bonds is 10. The molecule has 0 unspecified atom stereocenters. The van der Waals surface area contributed by atoms with Crippen LogP contribution in [-0.4, -0.2) is 38.6 Å². The fourth-order valence-electron chi connectivity index (χ4n) is 3.39. The monoisotopic (exact) mass is 478 g/mol. The molecule has 3 rings (SSSR count). The van der Waals surface area contributed by atoms with E-state index in [1.807, 2.05) is 37.3 Å². The van der Waals surface area contributed by atoms with Crippen molar-refractivity contribution in [2.45, 2.75) is 44.2 Å². The number of halogens is 3. The first kappa shape index (κ1) is 24.6. The molecule has 3 aromatic rings. The van der Waals surface area contributed by atoms with Crippen LogP contribution >= 0.6 is 11.8 Å². The number of hydrogen-bond acceptors (Lipinski definition) is 4. The van der Waals surface area contributed by atoms with Gasteiger partial charge < -0.3 is 15.2 Å². The van der Waals surface area contributed by atoms with Crippen molar-refractivity contribution in [1.29, 1.82) is 0 Å². The quantitative estimate of drug-likeness (QED) is 0.436. The zero-order chi connectivity index (χ0) is 24.0. The molecular weight excluding hydrogens is 453 g/mol. The molecular formula is C23H25F3N4O2S. The summed E-state index contributed by atoms with van der Waals surface area (Å²) in [6, 6.07) is 12.8. The van der Waals surface area contributed by atoms with Crippen molar-refractivity contribution in [3.63, 3.8) is 0 Å². The van der Waals surface area contributed by atoms with Gasteiger partial charge >= 0.3 is 6.18 Å². The second-order valence-corrected chi connectivity index (χ2v) is 8.50. The minimum absolute atomic E-state index is 0.0325. The Kier molecular flexibility index (Phi) is 8.01. The van der Waals surface area contributed by atoms with E-state index in [1.54, 1.807) is 9.47 Å². The summed E-state index contributed by atoms with van der Waals surface area (Å²) >= 11 is 1.17. The van der Waals surface area contributed by atoms with Crippen LogP contribution in [0, 0.1) is 0 Å². The number of carbonyl (C=O) groups is 2. The van der Waals surface area contributed by atoms with E-state index < -0.39 is 17.6 Å². The summed E-state index contributed by atoms with van der Waals surface area (Å²) in [5.74, 6) is -0.681. The van der Waals surface area contributed by atoms with Gasteiger partial charge in [-0.2, -0.15) is 13.2 Å². The molecule has 2 aromatic carbocycles. The first-order valence-corrected chi connectivity index (χ1v) is 11.5. The predicted molar refractivity (Wildman–Crippen MR) is 121 cm³/mol. The average Bonchev–Trinajstić information content (AvgIpc) is 3.12. The number of benzene rings is 2. The summed E-state index contributed by atoms with van der Waals surface area (Å²) < 4.78 is 41.2. The Morgan fingerprint density at radius 1 is 1.15 bits per heavy atom. The number of fused-ring (bicyclic) bond motifs is 1. The van der Waals surface area contributed by atoms with E-state index in [0.717, 1.165) is 17.7 Å². The number of hydrogen-bond donors (Lipinski definition) is 1. The molecule has 0 fully saturated rings. The maximum absolute atomic E-state index is 13.2. The summed E-state index contributed by atoms with van der Waals surface area (Å²) in [6.07, 6.45) is -3.71. The van der Waals surface area contributed by atoms with Crippen LogP contribution in [0.3, 0.4) is 0 Å². The molecule has 0 atom stereocenters. The molecule has 0 bridgehead atoms. The number of imidazole rings is 1. The SMILES string of the molecule is CCCn1c(SCC(=O)N(CCC(N)=O)Cc2ccccc2)nc2ccc(C(F)(F)F)cc21. The molecule has 33 heavy (non-hydrogen) atoms. The highest BCUT2D eigenvalue weighted by Crippen LogP contribution is 2.33. The van der Waals surface area contributed by atoms with Gasteiger partial charge in [-0.25, -0.2) is 4.98 Å². The number of primary amides is 1. The largest absolute Gasteiger partial charge is 0.416 e. The lowest BCUT2D eigenvalue weighted by atomic mass is 10.2. The molecule has 1 heterocycles. The molecule has 0 aliphatic carbocycles. The smallest absolute Gasteiger partial charge is 0.370 e. The number of amides is 2. The Balaban J connectivity index is 1.80. The van der Waals surface area contributed by atoms with Crippen molar-refractivity contribution in [2.24, 2.45) is 5.73 Å². The van der Waals surface area contributed by atoms with Gasteiger partial charge in [-0.15, -0.1) is 0 Å². The normalized spacial score (nSPS) is 11.6. The first-order valence-electron chi connectivity index (χ1n) is 10.5. The number of alkyl halides is 3. The van der Waals surface area contributed by atoms with Crippen LogP contribution in [0.25, 0.3) is 11.0 Å². The molecule has 10 heteroatoms. The van der Waals surface area contributed by atoms with Crippen LogP contribution in [-0.2, 0) is 28.9 Å². The number of nitrogens with two attached hydrogens (primary N) is 1. The molecule has 2 N–H and O–H groups in total. The van der Waals surface area contributed by atoms with Gasteiger partial charge in [0.15, 0.2) is 5.16 Å². The molecule has 0 aliphatic rings.